The molecular formula is C11H22N2O2. The minimum atomic E-state index is -0.632. The standard InChI is InChI=1S/C11H22N2O2/c1-3-12-8-10-7-9(11(14)15)5-6-13(10)4-2/h9-10,12H,3-8H2,1-2H3,(H,14,15). The highest BCUT2D eigenvalue weighted by Crippen LogP contribution is 2.22. The van der Waals surface area contributed by atoms with E-state index in [1.54, 1.807) is 0 Å². The first-order chi connectivity index (χ1) is 7.19. The Morgan fingerprint density at radius 2 is 2.27 bits per heavy atom. The highest BCUT2D eigenvalue weighted by atomic mass is 16.4. The molecule has 0 spiro atoms. The number of hydrogen-bond donors (Lipinski definition) is 2. The van der Waals surface area contributed by atoms with Gasteiger partial charge in [-0.3, -0.25) is 9.69 Å². The van der Waals surface area contributed by atoms with E-state index in [9.17, 15) is 4.79 Å². The van der Waals surface area contributed by atoms with Crippen molar-refractivity contribution in [2.45, 2.75) is 32.7 Å². The SMILES string of the molecule is CCNCC1CC(C(=O)O)CCN1CC. The van der Waals surface area contributed by atoms with E-state index in [0.29, 0.717) is 6.04 Å². The Hall–Kier alpha value is -0.610. The van der Waals surface area contributed by atoms with Crippen LogP contribution in [0.15, 0.2) is 0 Å². The van der Waals surface area contributed by atoms with E-state index in [1.807, 2.05) is 0 Å². The highest BCUT2D eigenvalue weighted by Gasteiger charge is 2.30. The maximum Gasteiger partial charge on any atom is 0.306 e. The molecule has 88 valence electrons. The van der Waals surface area contributed by atoms with Gasteiger partial charge in [-0.2, -0.15) is 0 Å². The minimum Gasteiger partial charge on any atom is -0.481 e. The largest absolute Gasteiger partial charge is 0.481 e. The van der Waals surface area contributed by atoms with Crippen LogP contribution in [0.1, 0.15) is 26.7 Å². The molecule has 1 fully saturated rings. The van der Waals surface area contributed by atoms with Gasteiger partial charge in [-0.05, 0) is 32.5 Å². The van der Waals surface area contributed by atoms with Crippen LogP contribution >= 0.6 is 0 Å². The molecule has 0 aromatic rings. The van der Waals surface area contributed by atoms with Crippen molar-refractivity contribution in [1.29, 1.82) is 0 Å². The number of likely N-dealkylation sites (N-methyl/N-ethyl adjacent to an activating group) is 2. The Morgan fingerprint density at radius 1 is 1.53 bits per heavy atom. The van der Waals surface area contributed by atoms with Gasteiger partial charge in [0, 0.05) is 12.6 Å². The molecule has 0 radical (unpaired) electrons. The molecule has 0 saturated carbocycles. The lowest BCUT2D eigenvalue weighted by Gasteiger charge is -2.37. The molecule has 1 rings (SSSR count). The zero-order valence-corrected chi connectivity index (χ0v) is 9.70. The summed E-state index contributed by atoms with van der Waals surface area (Å²) < 4.78 is 0. The molecule has 0 aromatic carbocycles. The van der Waals surface area contributed by atoms with Crippen LogP contribution in [-0.4, -0.2) is 48.2 Å². The van der Waals surface area contributed by atoms with Gasteiger partial charge in [-0.15, -0.1) is 0 Å². The van der Waals surface area contributed by atoms with Gasteiger partial charge in [-0.1, -0.05) is 13.8 Å². The zero-order chi connectivity index (χ0) is 11.3. The van der Waals surface area contributed by atoms with Crippen molar-refractivity contribution in [3.63, 3.8) is 0 Å². The summed E-state index contributed by atoms with van der Waals surface area (Å²) in [6.45, 7) is 8.01. The number of likely N-dealkylation sites (tertiary alicyclic amines) is 1. The first-order valence-corrected chi connectivity index (χ1v) is 5.86. The van der Waals surface area contributed by atoms with E-state index in [0.717, 1.165) is 39.0 Å². The summed E-state index contributed by atoms with van der Waals surface area (Å²) in [5.41, 5.74) is 0. The number of rotatable bonds is 5. The minimum absolute atomic E-state index is 0.142. The van der Waals surface area contributed by atoms with Gasteiger partial charge in [0.25, 0.3) is 0 Å². The van der Waals surface area contributed by atoms with Gasteiger partial charge in [0.2, 0.25) is 0 Å². The van der Waals surface area contributed by atoms with E-state index >= 15 is 0 Å². The summed E-state index contributed by atoms with van der Waals surface area (Å²) in [4.78, 5) is 13.3. The monoisotopic (exact) mass is 214 g/mol. The van der Waals surface area contributed by atoms with Crippen LogP contribution in [0, 0.1) is 5.92 Å². The van der Waals surface area contributed by atoms with Gasteiger partial charge in [0.15, 0.2) is 0 Å². The molecule has 0 bridgehead atoms. The third-order valence-corrected chi connectivity index (χ3v) is 3.22. The predicted octanol–water partition coefficient (Wildman–Crippen LogP) is 0.781. The van der Waals surface area contributed by atoms with Crippen molar-refractivity contribution in [3.05, 3.63) is 0 Å². The molecule has 1 aliphatic rings. The van der Waals surface area contributed by atoms with Crippen molar-refractivity contribution in [1.82, 2.24) is 10.2 Å². The van der Waals surface area contributed by atoms with E-state index < -0.39 is 5.97 Å². The van der Waals surface area contributed by atoms with Crippen LogP contribution in [0.3, 0.4) is 0 Å². The van der Waals surface area contributed by atoms with Gasteiger partial charge < -0.3 is 10.4 Å². The maximum absolute atomic E-state index is 10.9. The molecule has 2 unspecified atom stereocenters. The Morgan fingerprint density at radius 3 is 2.80 bits per heavy atom. The van der Waals surface area contributed by atoms with Crippen LogP contribution in [-0.2, 0) is 4.79 Å². The third-order valence-electron chi connectivity index (χ3n) is 3.22. The Balaban J connectivity index is 2.49. The van der Waals surface area contributed by atoms with Gasteiger partial charge in [0.05, 0.1) is 5.92 Å². The lowest BCUT2D eigenvalue weighted by molar-refractivity contribution is -0.144. The molecule has 4 nitrogen and oxygen atoms in total. The normalized spacial score (nSPS) is 27.9. The van der Waals surface area contributed by atoms with Crippen LogP contribution in [0.4, 0.5) is 0 Å². The Bertz CT molecular complexity index is 209. The second-order valence-corrected chi connectivity index (χ2v) is 4.15. The van der Waals surface area contributed by atoms with E-state index in [4.69, 9.17) is 5.11 Å². The van der Waals surface area contributed by atoms with Crippen LogP contribution in [0.25, 0.3) is 0 Å². The topological polar surface area (TPSA) is 52.6 Å². The van der Waals surface area contributed by atoms with Crippen molar-refractivity contribution < 1.29 is 9.90 Å². The lowest BCUT2D eigenvalue weighted by atomic mass is 9.91. The summed E-state index contributed by atoms with van der Waals surface area (Å²) in [7, 11) is 0. The van der Waals surface area contributed by atoms with E-state index in [1.165, 1.54) is 0 Å². The Labute approximate surface area is 91.6 Å². The first kappa shape index (κ1) is 12.5. The van der Waals surface area contributed by atoms with Gasteiger partial charge >= 0.3 is 5.97 Å². The summed E-state index contributed by atoms with van der Waals surface area (Å²) >= 11 is 0. The molecule has 0 aromatic heterocycles. The molecule has 1 aliphatic heterocycles. The van der Waals surface area contributed by atoms with Gasteiger partial charge in [-0.25, -0.2) is 0 Å². The summed E-state index contributed by atoms with van der Waals surface area (Å²) in [6, 6.07) is 0.393. The van der Waals surface area contributed by atoms with Crippen molar-refractivity contribution in [2.24, 2.45) is 5.92 Å². The van der Waals surface area contributed by atoms with Crippen LogP contribution < -0.4 is 5.32 Å². The third kappa shape index (κ3) is 3.47. The molecule has 1 heterocycles. The molecule has 15 heavy (non-hydrogen) atoms. The number of carbonyl (C=O) groups is 1. The number of aliphatic carboxylic acids is 1. The van der Waals surface area contributed by atoms with Crippen molar-refractivity contribution >= 4 is 5.97 Å². The average molecular weight is 214 g/mol. The van der Waals surface area contributed by atoms with Crippen molar-refractivity contribution in [2.75, 3.05) is 26.2 Å². The number of piperidine rings is 1. The van der Waals surface area contributed by atoms with E-state index in [2.05, 4.69) is 24.1 Å². The van der Waals surface area contributed by atoms with E-state index in [-0.39, 0.29) is 5.92 Å². The summed E-state index contributed by atoms with van der Waals surface area (Å²) in [5.74, 6) is -0.774. The number of hydrogen-bond acceptors (Lipinski definition) is 3. The fourth-order valence-electron chi connectivity index (χ4n) is 2.26. The predicted molar refractivity (Wildman–Crippen MR) is 59.9 cm³/mol. The smallest absolute Gasteiger partial charge is 0.306 e. The average Bonchev–Trinajstić information content (AvgIpc) is 2.25. The molecule has 2 atom stereocenters. The fourth-order valence-corrected chi connectivity index (χ4v) is 2.26. The quantitative estimate of drug-likeness (QED) is 0.710. The van der Waals surface area contributed by atoms with Gasteiger partial charge in [0.1, 0.15) is 0 Å². The maximum atomic E-state index is 10.9. The molecule has 4 heteroatoms. The highest BCUT2D eigenvalue weighted by molar-refractivity contribution is 5.70. The second kappa shape index (κ2) is 6.08. The first-order valence-electron chi connectivity index (χ1n) is 5.86. The number of carboxylic acids is 1. The fraction of sp³-hybridized carbons (Fsp3) is 0.909. The molecule has 0 aliphatic carbocycles. The van der Waals surface area contributed by atoms with Crippen LogP contribution in [0.5, 0.6) is 0 Å². The lowest BCUT2D eigenvalue weighted by Crippen LogP contribution is -2.48. The summed E-state index contributed by atoms with van der Waals surface area (Å²) in [5, 5.41) is 12.3. The van der Waals surface area contributed by atoms with Crippen LogP contribution in [0.2, 0.25) is 0 Å². The summed E-state index contributed by atoms with van der Waals surface area (Å²) in [6.07, 6.45) is 1.59. The molecular weight excluding hydrogens is 192 g/mol. The number of nitrogens with zero attached hydrogens (tertiary/aromatic N) is 1. The second-order valence-electron chi connectivity index (χ2n) is 4.15. The number of carboxylic acid groups (broad SMARTS) is 1. The molecule has 0 amide bonds. The Kier molecular flexibility index (Phi) is 5.05. The number of nitrogens with one attached hydrogen (secondary N) is 1. The van der Waals surface area contributed by atoms with Crippen molar-refractivity contribution in [3.8, 4) is 0 Å². The molecule has 1 saturated heterocycles. The zero-order valence-electron chi connectivity index (χ0n) is 9.70. The molecule has 2 N–H and O–H groups in total.